The van der Waals surface area contributed by atoms with Gasteiger partial charge >= 0.3 is 12.1 Å². The van der Waals surface area contributed by atoms with Crippen LogP contribution in [0.4, 0.5) is 18.9 Å². The normalized spacial score (nSPS) is 16.7. The maximum atomic E-state index is 13.2. The number of nitrogens with one attached hydrogen (secondary N) is 3. The number of hydrogen-bond acceptors (Lipinski definition) is 6. The summed E-state index contributed by atoms with van der Waals surface area (Å²) in [6.07, 6.45) is -2.03. The molecule has 4 rings (SSSR count). The zero-order chi connectivity index (χ0) is 30.4. The third-order valence-electron chi connectivity index (χ3n) is 7.70. The minimum Gasteiger partial charge on any atom is -0.480 e. The van der Waals surface area contributed by atoms with Crippen molar-refractivity contribution in [1.29, 1.82) is 0 Å². The first-order valence-electron chi connectivity index (χ1n) is 14.1. The molecule has 1 atom stereocenters. The Bertz CT molecular complexity index is 1340. The number of alkyl halides is 3. The second-order valence-corrected chi connectivity index (χ2v) is 10.7. The Morgan fingerprint density at radius 3 is 2.40 bits per heavy atom. The fourth-order valence-corrected chi connectivity index (χ4v) is 5.37. The maximum Gasteiger partial charge on any atom is 0.416 e. The number of anilines is 1. The summed E-state index contributed by atoms with van der Waals surface area (Å²) in [6, 6.07) is 7.92. The van der Waals surface area contributed by atoms with Crippen LogP contribution in [-0.2, 0) is 28.6 Å². The van der Waals surface area contributed by atoms with Crippen molar-refractivity contribution >= 4 is 29.4 Å². The van der Waals surface area contributed by atoms with Crippen LogP contribution in [0.2, 0.25) is 0 Å². The van der Waals surface area contributed by atoms with Gasteiger partial charge in [-0.1, -0.05) is 19.1 Å². The Kier molecular flexibility index (Phi) is 9.74. The van der Waals surface area contributed by atoms with E-state index >= 15 is 0 Å². The molecule has 2 aliphatic heterocycles. The molecule has 0 aromatic heterocycles. The van der Waals surface area contributed by atoms with Gasteiger partial charge in [0.2, 0.25) is 5.91 Å². The highest BCUT2D eigenvalue weighted by Crippen LogP contribution is 2.32. The number of guanidine groups is 1. The van der Waals surface area contributed by atoms with Crippen molar-refractivity contribution in [3.05, 3.63) is 64.2 Å². The van der Waals surface area contributed by atoms with Crippen LogP contribution >= 0.6 is 0 Å². The molecule has 1 fully saturated rings. The number of carbonyl (C=O) groups excluding carboxylic acids is 2. The minimum atomic E-state index is -4.55. The van der Waals surface area contributed by atoms with E-state index in [1.54, 1.807) is 19.1 Å². The predicted octanol–water partition coefficient (Wildman–Crippen LogP) is 3.68. The smallest absolute Gasteiger partial charge is 0.416 e. The number of rotatable bonds is 8. The maximum absolute atomic E-state index is 13.2. The molecule has 0 radical (unpaired) electrons. The second kappa shape index (κ2) is 13.3. The van der Waals surface area contributed by atoms with E-state index in [0.29, 0.717) is 44.0 Å². The zero-order valence-electron chi connectivity index (χ0n) is 23.7. The number of amides is 2. The minimum absolute atomic E-state index is 0.00264. The van der Waals surface area contributed by atoms with Crippen LogP contribution in [0.3, 0.4) is 0 Å². The third kappa shape index (κ3) is 7.59. The van der Waals surface area contributed by atoms with Crippen LogP contribution in [0.1, 0.15) is 58.8 Å². The van der Waals surface area contributed by atoms with E-state index in [4.69, 9.17) is 0 Å². The van der Waals surface area contributed by atoms with Gasteiger partial charge in [0.1, 0.15) is 6.04 Å². The van der Waals surface area contributed by atoms with Crippen LogP contribution in [0.5, 0.6) is 0 Å². The first kappa shape index (κ1) is 30.9. The molecule has 0 saturated carbocycles. The average molecular weight is 588 g/mol. The molecule has 2 aromatic rings. The van der Waals surface area contributed by atoms with Crippen molar-refractivity contribution in [2.75, 3.05) is 31.1 Å². The predicted molar refractivity (Wildman–Crippen MR) is 153 cm³/mol. The molecule has 2 aliphatic rings. The van der Waals surface area contributed by atoms with Gasteiger partial charge in [0.15, 0.2) is 5.96 Å². The van der Waals surface area contributed by atoms with Crippen LogP contribution in [0, 0.1) is 12.8 Å². The summed E-state index contributed by atoms with van der Waals surface area (Å²) < 4.78 is 39.7. The summed E-state index contributed by atoms with van der Waals surface area (Å²) in [4.78, 5) is 44.1. The van der Waals surface area contributed by atoms with Crippen LogP contribution in [-0.4, -0.2) is 61.1 Å². The van der Waals surface area contributed by atoms with Crippen LogP contribution < -0.4 is 20.9 Å². The van der Waals surface area contributed by atoms with E-state index in [0.717, 1.165) is 30.8 Å². The molecular formula is C30H36F3N5O4. The van der Waals surface area contributed by atoms with E-state index in [-0.39, 0.29) is 41.4 Å². The largest absolute Gasteiger partial charge is 0.480 e. The van der Waals surface area contributed by atoms with E-state index in [9.17, 15) is 32.7 Å². The molecular weight excluding hydrogens is 551 g/mol. The Labute approximate surface area is 242 Å². The highest BCUT2D eigenvalue weighted by molar-refractivity contribution is 5.99. The van der Waals surface area contributed by atoms with Crippen molar-refractivity contribution in [1.82, 2.24) is 16.0 Å². The number of carboxylic acids is 1. The van der Waals surface area contributed by atoms with Crippen molar-refractivity contribution in [3.8, 4) is 0 Å². The monoisotopic (exact) mass is 587 g/mol. The lowest BCUT2D eigenvalue weighted by Gasteiger charge is -2.33. The molecule has 42 heavy (non-hydrogen) atoms. The Morgan fingerprint density at radius 1 is 1.14 bits per heavy atom. The number of hydrogen-bond donors (Lipinski definition) is 4. The van der Waals surface area contributed by atoms with E-state index in [1.165, 1.54) is 6.92 Å². The summed E-state index contributed by atoms with van der Waals surface area (Å²) in [7, 11) is 0. The molecule has 9 nitrogen and oxygen atoms in total. The topological polar surface area (TPSA) is 123 Å². The third-order valence-corrected chi connectivity index (χ3v) is 7.70. The number of piperidine rings is 1. The first-order chi connectivity index (χ1) is 20.0. The summed E-state index contributed by atoms with van der Waals surface area (Å²) in [5.74, 6) is -1.56. The molecule has 2 aromatic carbocycles. The van der Waals surface area contributed by atoms with Gasteiger partial charge in [0.05, 0.1) is 5.56 Å². The van der Waals surface area contributed by atoms with Crippen molar-refractivity contribution in [2.45, 2.75) is 58.2 Å². The van der Waals surface area contributed by atoms with E-state index in [2.05, 4.69) is 25.8 Å². The molecule has 0 spiro atoms. The van der Waals surface area contributed by atoms with Gasteiger partial charge in [-0.05, 0) is 73.6 Å². The standard InChI is InChI=1S/C30H36F3N5O4/c1-3-20-17-22(30(31,32)33)15-18(2)25(20)27(40)36-24(28(41)42)16-19-5-7-23(8-6-19)38-13-9-21(10-14-38)26(39)37-29-34-11-4-12-35-29/h5-8,15,17,21,24H,3-4,9-14,16H2,1-2H3,(H,36,40)(H,41,42)(H2,34,35,37,39). The molecule has 0 bridgehead atoms. The Morgan fingerprint density at radius 2 is 1.83 bits per heavy atom. The molecule has 4 N–H and O–H groups in total. The number of halogens is 3. The van der Waals surface area contributed by atoms with Gasteiger partial charge in [0, 0.05) is 49.8 Å². The fourth-order valence-electron chi connectivity index (χ4n) is 5.37. The molecule has 0 aliphatic carbocycles. The fraction of sp³-hybridized carbons (Fsp3) is 0.467. The first-order valence-corrected chi connectivity index (χ1v) is 14.1. The summed E-state index contributed by atoms with van der Waals surface area (Å²) in [5.41, 5.74) is 1.18. The Hall–Kier alpha value is -4.09. The summed E-state index contributed by atoms with van der Waals surface area (Å²) >= 11 is 0. The Balaban J connectivity index is 1.36. The van der Waals surface area contributed by atoms with Crippen molar-refractivity contribution < 1.29 is 32.7 Å². The molecule has 2 heterocycles. The van der Waals surface area contributed by atoms with Gasteiger partial charge < -0.3 is 20.6 Å². The molecule has 226 valence electrons. The van der Waals surface area contributed by atoms with E-state index in [1.807, 2.05) is 12.1 Å². The lowest BCUT2D eigenvalue weighted by molar-refractivity contribution is -0.139. The number of carboxylic acid groups (broad SMARTS) is 1. The van der Waals surface area contributed by atoms with E-state index < -0.39 is 29.7 Å². The lowest BCUT2D eigenvalue weighted by atomic mass is 9.95. The zero-order valence-corrected chi connectivity index (χ0v) is 23.7. The number of aryl methyl sites for hydroxylation is 2. The van der Waals surface area contributed by atoms with Gasteiger partial charge in [-0.25, -0.2) is 4.79 Å². The SMILES string of the molecule is CCc1cc(C(F)(F)F)cc(C)c1C(=O)NC(Cc1ccc(N2CCC(C(=O)NC3=NCCCN3)CC2)cc1)C(=O)O. The number of aliphatic carboxylic acids is 1. The number of aliphatic imine (C=N–C) groups is 1. The molecule has 1 unspecified atom stereocenters. The second-order valence-electron chi connectivity index (χ2n) is 10.7. The molecule has 1 saturated heterocycles. The lowest BCUT2D eigenvalue weighted by Crippen LogP contribution is -2.48. The number of carbonyl (C=O) groups is 3. The summed E-state index contributed by atoms with van der Waals surface area (Å²) in [6.45, 7) is 5.94. The number of benzene rings is 2. The number of nitrogens with zero attached hydrogens (tertiary/aromatic N) is 2. The van der Waals surface area contributed by atoms with Crippen molar-refractivity contribution in [2.24, 2.45) is 10.9 Å². The van der Waals surface area contributed by atoms with Crippen LogP contribution in [0.25, 0.3) is 0 Å². The van der Waals surface area contributed by atoms with Gasteiger partial charge in [-0.15, -0.1) is 0 Å². The van der Waals surface area contributed by atoms with Crippen molar-refractivity contribution in [3.63, 3.8) is 0 Å². The average Bonchev–Trinajstić information content (AvgIpc) is 2.96. The van der Waals surface area contributed by atoms with Gasteiger partial charge in [-0.2, -0.15) is 13.2 Å². The highest BCUT2D eigenvalue weighted by atomic mass is 19.4. The van der Waals surface area contributed by atoms with Gasteiger partial charge in [-0.3, -0.25) is 19.9 Å². The van der Waals surface area contributed by atoms with Gasteiger partial charge in [0.25, 0.3) is 5.91 Å². The summed E-state index contributed by atoms with van der Waals surface area (Å²) in [5, 5.41) is 18.3. The molecule has 12 heteroatoms. The molecule has 2 amide bonds. The quantitative estimate of drug-likeness (QED) is 0.374. The highest BCUT2D eigenvalue weighted by Gasteiger charge is 2.33. The van der Waals surface area contributed by atoms with Crippen LogP contribution in [0.15, 0.2) is 41.4 Å².